The zero-order chi connectivity index (χ0) is 28.8. The normalized spacial score (nSPS) is 12.3. The number of nitrogens with zero attached hydrogens (tertiary/aromatic N) is 1. The molecule has 2 aromatic carbocycles. The van der Waals surface area contributed by atoms with Crippen LogP contribution in [0.15, 0.2) is 48.5 Å². The van der Waals surface area contributed by atoms with E-state index in [0.717, 1.165) is 43.4 Å². The van der Waals surface area contributed by atoms with E-state index >= 15 is 0 Å². The summed E-state index contributed by atoms with van der Waals surface area (Å²) in [6.07, 6.45) is -2.67. The predicted molar refractivity (Wildman–Crippen MR) is 141 cm³/mol. The number of alkyl halides is 3. The lowest BCUT2D eigenvalue weighted by atomic mass is 9.98. The topological polar surface area (TPSA) is 85.3 Å². The van der Waals surface area contributed by atoms with Crippen molar-refractivity contribution in [3.8, 4) is 11.5 Å². The Morgan fingerprint density at radius 1 is 0.974 bits per heavy atom. The van der Waals surface area contributed by atoms with Gasteiger partial charge in [-0.25, -0.2) is 9.59 Å². The van der Waals surface area contributed by atoms with Crippen molar-refractivity contribution in [2.75, 3.05) is 26.3 Å². The number of carbonyl (C=O) groups is 2. The summed E-state index contributed by atoms with van der Waals surface area (Å²) in [5.41, 5.74) is -0.249. The Hall–Kier alpha value is -3.27. The zero-order valence-electron chi connectivity index (χ0n) is 22.7. The van der Waals surface area contributed by atoms with Gasteiger partial charge in [-0.3, -0.25) is 0 Å². The number of halogens is 3. The fraction of sp³-hybridized carbons (Fsp3) is 0.517. The molecule has 0 aromatic heterocycles. The van der Waals surface area contributed by atoms with Crippen molar-refractivity contribution in [3.63, 3.8) is 0 Å². The second-order valence-corrected chi connectivity index (χ2v) is 9.23. The van der Waals surface area contributed by atoms with E-state index < -0.39 is 35.7 Å². The fourth-order valence-corrected chi connectivity index (χ4v) is 4.29. The minimum absolute atomic E-state index is 0.0943. The summed E-state index contributed by atoms with van der Waals surface area (Å²) in [4.78, 5) is 25.8. The molecule has 1 N–H and O–H groups in total. The van der Waals surface area contributed by atoms with Gasteiger partial charge in [0.05, 0.1) is 12.1 Å². The molecule has 0 fully saturated rings. The number of aliphatic carboxylic acids is 1. The molecule has 0 saturated carbocycles. The predicted octanol–water partition coefficient (Wildman–Crippen LogP) is 6.83. The number of carbonyl (C=O) groups excluding carboxylic acids is 1. The van der Waals surface area contributed by atoms with E-state index in [4.69, 9.17) is 14.2 Å². The van der Waals surface area contributed by atoms with E-state index in [9.17, 15) is 27.9 Å². The maximum atomic E-state index is 13.4. The lowest BCUT2D eigenvalue weighted by Crippen LogP contribution is -2.40. The number of ether oxygens (including phenoxy) is 3. The van der Waals surface area contributed by atoms with Gasteiger partial charge in [-0.2, -0.15) is 13.2 Å². The molecule has 0 spiro atoms. The van der Waals surface area contributed by atoms with Crippen LogP contribution < -0.4 is 9.47 Å². The highest BCUT2D eigenvalue weighted by Crippen LogP contribution is 2.36. The van der Waals surface area contributed by atoms with Crippen molar-refractivity contribution in [1.29, 1.82) is 0 Å². The number of carboxylic acid groups (broad SMARTS) is 1. The smallest absolute Gasteiger partial charge is 0.419 e. The third-order valence-corrected chi connectivity index (χ3v) is 6.14. The molecule has 7 nitrogen and oxygen atoms in total. The molecular formula is C29H38F3NO6. The highest BCUT2D eigenvalue weighted by Gasteiger charge is 2.35. The average molecular weight is 554 g/mol. The van der Waals surface area contributed by atoms with Gasteiger partial charge in [-0.05, 0) is 55.5 Å². The van der Waals surface area contributed by atoms with Gasteiger partial charge in [0, 0.05) is 19.6 Å². The number of hydrogen-bond acceptors (Lipinski definition) is 5. The molecule has 0 aliphatic rings. The van der Waals surface area contributed by atoms with E-state index in [1.807, 2.05) is 13.8 Å². The standard InChI is InChI=1S/C29H38F3NO6/c1-4-9-22(10-5-2)20-33(28(36)39-25-12-8-7-11-24(25)29(30,31)32)17-18-38-23-15-13-21(14-16-23)19-26(27(34)35)37-6-3/h7-8,11-16,22,26H,4-6,9-10,17-20H2,1-3H3,(H,34,35). The Morgan fingerprint density at radius 3 is 2.18 bits per heavy atom. The third-order valence-electron chi connectivity index (χ3n) is 6.14. The van der Waals surface area contributed by atoms with Crippen molar-refractivity contribution >= 4 is 12.1 Å². The third kappa shape index (κ3) is 10.8. The Kier molecular flexibility index (Phi) is 13.1. The molecule has 0 heterocycles. The van der Waals surface area contributed by atoms with Crippen molar-refractivity contribution in [2.45, 2.75) is 65.2 Å². The molecular weight excluding hydrogens is 515 g/mol. The first kappa shape index (κ1) is 31.9. The molecule has 10 heteroatoms. The van der Waals surface area contributed by atoms with Gasteiger partial charge in [0.15, 0.2) is 6.10 Å². The van der Waals surface area contributed by atoms with Gasteiger partial charge < -0.3 is 24.2 Å². The molecule has 2 rings (SSSR count). The van der Waals surface area contributed by atoms with Gasteiger partial charge in [-0.15, -0.1) is 0 Å². The lowest BCUT2D eigenvalue weighted by molar-refractivity contribution is -0.150. The van der Waals surface area contributed by atoms with Gasteiger partial charge >= 0.3 is 18.2 Å². The maximum Gasteiger partial charge on any atom is 0.419 e. The molecule has 39 heavy (non-hydrogen) atoms. The van der Waals surface area contributed by atoms with Gasteiger partial charge in [0.25, 0.3) is 0 Å². The van der Waals surface area contributed by atoms with Crippen LogP contribution in [-0.2, 0) is 22.1 Å². The summed E-state index contributed by atoms with van der Waals surface area (Å²) in [6, 6.07) is 11.5. The minimum Gasteiger partial charge on any atom is -0.492 e. The number of para-hydroxylation sites is 1. The van der Waals surface area contributed by atoms with Crippen LogP contribution in [0.5, 0.6) is 11.5 Å². The summed E-state index contributed by atoms with van der Waals surface area (Å²) in [5.74, 6) is -0.883. The van der Waals surface area contributed by atoms with Crippen LogP contribution in [0.3, 0.4) is 0 Å². The number of rotatable bonds is 16. The Labute approximate surface area is 227 Å². The molecule has 0 aliphatic heterocycles. The first-order valence-electron chi connectivity index (χ1n) is 13.3. The van der Waals surface area contributed by atoms with Gasteiger partial charge in [0.1, 0.15) is 18.1 Å². The van der Waals surface area contributed by atoms with E-state index in [0.29, 0.717) is 12.3 Å². The first-order chi connectivity index (χ1) is 18.6. The highest BCUT2D eigenvalue weighted by atomic mass is 19.4. The second-order valence-electron chi connectivity index (χ2n) is 9.23. The Balaban J connectivity index is 2.09. The van der Waals surface area contributed by atoms with E-state index in [2.05, 4.69) is 0 Å². The van der Waals surface area contributed by atoms with E-state index in [1.165, 1.54) is 17.0 Å². The summed E-state index contributed by atoms with van der Waals surface area (Å²) in [6.45, 7) is 6.66. The molecule has 216 valence electrons. The van der Waals surface area contributed by atoms with Crippen LogP contribution >= 0.6 is 0 Å². The van der Waals surface area contributed by atoms with Crippen LogP contribution in [0, 0.1) is 5.92 Å². The summed E-state index contributed by atoms with van der Waals surface area (Å²) < 4.78 is 56.5. The van der Waals surface area contributed by atoms with Crippen molar-refractivity contribution in [2.24, 2.45) is 5.92 Å². The van der Waals surface area contributed by atoms with Crippen LogP contribution in [-0.4, -0.2) is 54.5 Å². The van der Waals surface area contributed by atoms with E-state index in [1.54, 1.807) is 31.2 Å². The van der Waals surface area contributed by atoms with Crippen LogP contribution in [0.1, 0.15) is 57.6 Å². The average Bonchev–Trinajstić information content (AvgIpc) is 2.88. The fourth-order valence-electron chi connectivity index (χ4n) is 4.29. The molecule has 1 atom stereocenters. The minimum atomic E-state index is -4.66. The zero-order valence-corrected chi connectivity index (χ0v) is 22.7. The molecule has 2 aromatic rings. The highest BCUT2D eigenvalue weighted by molar-refractivity contribution is 5.73. The SMILES string of the molecule is CCCC(CCC)CN(CCOc1ccc(CC(OCC)C(=O)O)cc1)C(=O)Oc1ccccc1C(F)(F)F. The molecule has 1 amide bonds. The number of hydrogen-bond donors (Lipinski definition) is 1. The second kappa shape index (κ2) is 16.0. The lowest BCUT2D eigenvalue weighted by Gasteiger charge is -2.27. The molecule has 0 saturated heterocycles. The van der Waals surface area contributed by atoms with Crippen LogP contribution in [0.25, 0.3) is 0 Å². The summed E-state index contributed by atoms with van der Waals surface area (Å²) >= 11 is 0. The number of carboxylic acids is 1. The van der Waals surface area contributed by atoms with E-state index in [-0.39, 0.29) is 32.1 Å². The summed E-state index contributed by atoms with van der Waals surface area (Å²) in [7, 11) is 0. The van der Waals surface area contributed by atoms with Crippen molar-refractivity contribution < 1.29 is 42.1 Å². The maximum absolute atomic E-state index is 13.4. The number of benzene rings is 2. The monoisotopic (exact) mass is 553 g/mol. The molecule has 0 radical (unpaired) electrons. The largest absolute Gasteiger partial charge is 0.492 e. The molecule has 1 unspecified atom stereocenters. The summed E-state index contributed by atoms with van der Waals surface area (Å²) in [5, 5.41) is 9.26. The van der Waals surface area contributed by atoms with Crippen LogP contribution in [0.2, 0.25) is 0 Å². The quantitative estimate of drug-likeness (QED) is 0.245. The first-order valence-corrected chi connectivity index (χ1v) is 13.3. The van der Waals surface area contributed by atoms with Crippen LogP contribution in [0.4, 0.5) is 18.0 Å². The number of amides is 1. The van der Waals surface area contributed by atoms with Crippen molar-refractivity contribution in [3.05, 3.63) is 59.7 Å². The Morgan fingerprint density at radius 2 is 1.62 bits per heavy atom. The van der Waals surface area contributed by atoms with Crippen molar-refractivity contribution in [1.82, 2.24) is 4.90 Å². The Bertz CT molecular complexity index is 1020. The molecule has 0 bridgehead atoms. The molecule has 0 aliphatic carbocycles. The van der Waals surface area contributed by atoms with Gasteiger partial charge in [-0.1, -0.05) is 51.0 Å². The van der Waals surface area contributed by atoms with Gasteiger partial charge in [0.2, 0.25) is 0 Å².